The molecular formula is C18H16. The van der Waals surface area contributed by atoms with Crippen LogP contribution in [0, 0.1) is 0 Å². The highest BCUT2D eigenvalue weighted by Gasteiger charge is 2.18. The Hall–Kier alpha value is -1.82. The fourth-order valence-corrected chi connectivity index (χ4v) is 3.41. The van der Waals surface area contributed by atoms with Crippen LogP contribution in [0.3, 0.4) is 0 Å². The van der Waals surface area contributed by atoms with Crippen LogP contribution >= 0.6 is 0 Å². The van der Waals surface area contributed by atoms with Gasteiger partial charge in [0.25, 0.3) is 0 Å². The lowest BCUT2D eigenvalue weighted by atomic mass is 9.82. The van der Waals surface area contributed by atoms with Crippen LogP contribution in [0.5, 0.6) is 0 Å². The van der Waals surface area contributed by atoms with Crippen molar-refractivity contribution in [2.24, 2.45) is 0 Å². The number of benzene rings is 2. The first kappa shape index (κ1) is 10.1. The SMILES string of the molecule is CCc1cc2c3c(ccc4c3c1C=CC4)C=CC2. The van der Waals surface area contributed by atoms with Gasteiger partial charge >= 0.3 is 0 Å². The third-order valence-electron chi connectivity index (χ3n) is 4.25. The fourth-order valence-electron chi connectivity index (χ4n) is 3.41. The second kappa shape index (κ2) is 3.58. The van der Waals surface area contributed by atoms with Crippen LogP contribution in [0.4, 0.5) is 0 Å². The largest absolute Gasteiger partial charge is 0.0795 e. The maximum absolute atomic E-state index is 2.42. The standard InChI is InChI=1S/C18H16/c1-2-12-11-15-7-3-5-13-9-10-14-6-4-8-16(12)18(14)17(13)15/h3-5,8-11H,2,6-7H2,1H3. The molecule has 18 heavy (non-hydrogen) atoms. The van der Waals surface area contributed by atoms with Crippen LogP contribution in [0.2, 0.25) is 0 Å². The van der Waals surface area contributed by atoms with Gasteiger partial charge in [-0.25, -0.2) is 0 Å². The Morgan fingerprint density at radius 2 is 1.78 bits per heavy atom. The smallest absolute Gasteiger partial charge is 0.00646 e. The zero-order valence-electron chi connectivity index (χ0n) is 10.7. The zero-order chi connectivity index (χ0) is 12.1. The van der Waals surface area contributed by atoms with Gasteiger partial charge in [0.05, 0.1) is 0 Å². The molecule has 0 amide bonds. The predicted molar refractivity (Wildman–Crippen MR) is 78.8 cm³/mol. The van der Waals surface area contributed by atoms with Crippen molar-refractivity contribution < 1.29 is 0 Å². The van der Waals surface area contributed by atoms with Crippen LogP contribution in [-0.2, 0) is 19.3 Å². The molecule has 0 saturated heterocycles. The number of allylic oxidation sites excluding steroid dienone is 2. The molecule has 88 valence electrons. The van der Waals surface area contributed by atoms with Crippen molar-refractivity contribution in [2.45, 2.75) is 26.2 Å². The molecule has 0 N–H and O–H groups in total. The van der Waals surface area contributed by atoms with Crippen molar-refractivity contribution in [2.75, 3.05) is 0 Å². The Morgan fingerprint density at radius 1 is 0.944 bits per heavy atom. The van der Waals surface area contributed by atoms with E-state index in [1.165, 1.54) is 38.6 Å². The van der Waals surface area contributed by atoms with Crippen LogP contribution in [0.25, 0.3) is 22.9 Å². The summed E-state index contributed by atoms with van der Waals surface area (Å²) in [5, 5.41) is 3.03. The van der Waals surface area contributed by atoms with Crippen molar-refractivity contribution >= 4 is 22.9 Å². The number of hydrogen-bond acceptors (Lipinski definition) is 0. The lowest BCUT2D eigenvalue weighted by Gasteiger charge is -2.22. The first-order chi connectivity index (χ1) is 8.88. The Kier molecular flexibility index (Phi) is 2.02. The van der Waals surface area contributed by atoms with E-state index >= 15 is 0 Å². The highest BCUT2D eigenvalue weighted by atomic mass is 14.2. The van der Waals surface area contributed by atoms with Crippen molar-refractivity contribution in [3.8, 4) is 0 Å². The molecule has 0 nitrogen and oxygen atoms in total. The average molecular weight is 232 g/mol. The number of hydrogen-bond donors (Lipinski definition) is 0. The minimum atomic E-state index is 1.08. The van der Waals surface area contributed by atoms with Crippen LogP contribution in [0.1, 0.15) is 34.7 Å². The van der Waals surface area contributed by atoms with Gasteiger partial charge in [0.2, 0.25) is 0 Å². The maximum atomic E-state index is 2.42. The van der Waals surface area contributed by atoms with Crippen LogP contribution in [-0.4, -0.2) is 0 Å². The van der Waals surface area contributed by atoms with Gasteiger partial charge in [-0.1, -0.05) is 49.4 Å². The first-order valence-electron chi connectivity index (χ1n) is 6.82. The van der Waals surface area contributed by atoms with E-state index in [1.807, 2.05) is 0 Å². The van der Waals surface area contributed by atoms with E-state index in [0.29, 0.717) is 0 Å². The third-order valence-corrected chi connectivity index (χ3v) is 4.25. The molecule has 4 rings (SSSR count). The molecule has 0 heterocycles. The Balaban J connectivity index is 2.25. The molecule has 0 heteroatoms. The molecule has 0 atom stereocenters. The number of rotatable bonds is 1. The minimum Gasteiger partial charge on any atom is -0.0795 e. The Labute approximate surface area is 108 Å². The summed E-state index contributed by atoms with van der Waals surface area (Å²) < 4.78 is 0. The fraction of sp³-hybridized carbons (Fsp3) is 0.222. The summed E-state index contributed by atoms with van der Waals surface area (Å²) in [4.78, 5) is 0. The molecule has 0 radical (unpaired) electrons. The molecule has 0 spiro atoms. The summed E-state index contributed by atoms with van der Waals surface area (Å²) in [6.45, 7) is 2.26. The van der Waals surface area contributed by atoms with E-state index in [9.17, 15) is 0 Å². The van der Waals surface area contributed by atoms with Crippen molar-refractivity contribution in [1.29, 1.82) is 0 Å². The number of aryl methyl sites for hydroxylation is 1. The first-order valence-corrected chi connectivity index (χ1v) is 6.82. The third kappa shape index (κ3) is 1.21. The molecule has 2 aromatic carbocycles. The lowest BCUT2D eigenvalue weighted by Crippen LogP contribution is -2.03. The molecule has 0 aromatic heterocycles. The quantitative estimate of drug-likeness (QED) is 0.677. The normalized spacial score (nSPS) is 15.4. The van der Waals surface area contributed by atoms with Crippen molar-refractivity contribution in [1.82, 2.24) is 0 Å². The van der Waals surface area contributed by atoms with E-state index in [4.69, 9.17) is 0 Å². The summed E-state index contributed by atoms with van der Waals surface area (Å²) in [6.07, 6.45) is 12.5. The topological polar surface area (TPSA) is 0 Å². The second-order valence-electron chi connectivity index (χ2n) is 5.24. The lowest BCUT2D eigenvalue weighted by molar-refractivity contribution is 1.11. The zero-order valence-corrected chi connectivity index (χ0v) is 10.7. The highest BCUT2D eigenvalue weighted by molar-refractivity contribution is 6.03. The van der Waals surface area contributed by atoms with E-state index in [0.717, 1.165) is 19.3 Å². The van der Waals surface area contributed by atoms with Crippen molar-refractivity contribution in [3.63, 3.8) is 0 Å². The van der Waals surface area contributed by atoms with E-state index in [2.05, 4.69) is 49.4 Å². The van der Waals surface area contributed by atoms with Gasteiger partial charge in [-0.3, -0.25) is 0 Å². The van der Waals surface area contributed by atoms with Gasteiger partial charge in [-0.05, 0) is 57.9 Å². The van der Waals surface area contributed by atoms with Crippen LogP contribution < -0.4 is 0 Å². The molecule has 2 aromatic rings. The molecule has 0 fully saturated rings. The summed E-state index contributed by atoms with van der Waals surface area (Å²) in [5.74, 6) is 0. The van der Waals surface area contributed by atoms with Gasteiger partial charge in [-0.2, -0.15) is 0 Å². The average Bonchev–Trinajstić information content (AvgIpc) is 2.44. The van der Waals surface area contributed by atoms with E-state index in [1.54, 1.807) is 0 Å². The summed E-state index contributed by atoms with van der Waals surface area (Å²) in [7, 11) is 0. The van der Waals surface area contributed by atoms with E-state index < -0.39 is 0 Å². The molecule has 2 aliphatic carbocycles. The maximum Gasteiger partial charge on any atom is -0.00646 e. The van der Waals surface area contributed by atoms with Crippen molar-refractivity contribution in [3.05, 3.63) is 58.2 Å². The Morgan fingerprint density at radius 3 is 2.67 bits per heavy atom. The Bertz CT molecular complexity index is 715. The molecular weight excluding hydrogens is 216 g/mol. The predicted octanol–water partition coefficient (Wildman–Crippen LogP) is 4.54. The van der Waals surface area contributed by atoms with Gasteiger partial charge in [0, 0.05) is 0 Å². The van der Waals surface area contributed by atoms with Gasteiger partial charge in [0.1, 0.15) is 0 Å². The molecule has 0 bridgehead atoms. The molecule has 0 saturated carbocycles. The summed E-state index contributed by atoms with van der Waals surface area (Å²) in [6, 6.07) is 7.01. The minimum absolute atomic E-state index is 1.08. The summed E-state index contributed by atoms with van der Waals surface area (Å²) >= 11 is 0. The van der Waals surface area contributed by atoms with Gasteiger partial charge < -0.3 is 0 Å². The molecule has 0 unspecified atom stereocenters. The van der Waals surface area contributed by atoms with Crippen LogP contribution in [0.15, 0.2) is 30.4 Å². The molecule has 2 aliphatic rings. The monoisotopic (exact) mass is 232 g/mol. The van der Waals surface area contributed by atoms with E-state index in [-0.39, 0.29) is 0 Å². The summed E-state index contributed by atoms with van der Waals surface area (Å²) in [5.41, 5.74) is 7.38. The molecule has 0 aliphatic heterocycles. The second-order valence-corrected chi connectivity index (χ2v) is 5.24. The highest BCUT2D eigenvalue weighted by Crippen LogP contribution is 2.38. The van der Waals surface area contributed by atoms with Gasteiger partial charge in [0.15, 0.2) is 0 Å². The van der Waals surface area contributed by atoms with Gasteiger partial charge in [-0.15, -0.1) is 0 Å².